The summed E-state index contributed by atoms with van der Waals surface area (Å²) in [4.78, 5) is 0. The summed E-state index contributed by atoms with van der Waals surface area (Å²) in [6.07, 6.45) is 0. The molecule has 21 heavy (non-hydrogen) atoms. The number of ether oxygens (including phenoxy) is 1. The van der Waals surface area contributed by atoms with Gasteiger partial charge in [-0.2, -0.15) is 0 Å². The van der Waals surface area contributed by atoms with Gasteiger partial charge >= 0.3 is 0 Å². The lowest BCUT2D eigenvalue weighted by atomic mass is 10.1. The molecule has 0 saturated carbocycles. The van der Waals surface area contributed by atoms with Gasteiger partial charge in [0, 0.05) is 5.02 Å². The van der Waals surface area contributed by atoms with E-state index in [0.29, 0.717) is 6.61 Å². The van der Waals surface area contributed by atoms with Gasteiger partial charge in [0.15, 0.2) is 0 Å². The molecule has 0 aliphatic rings. The van der Waals surface area contributed by atoms with E-state index in [9.17, 15) is 0 Å². The number of furan rings is 1. The summed E-state index contributed by atoms with van der Waals surface area (Å²) in [5, 5.41) is 4.00. The molecule has 0 saturated heterocycles. The van der Waals surface area contributed by atoms with Crippen molar-refractivity contribution in [2.24, 2.45) is 0 Å². The van der Waals surface area contributed by atoms with Crippen molar-refractivity contribution in [2.45, 2.75) is 40.8 Å². The Morgan fingerprint density at radius 2 is 1.76 bits per heavy atom. The van der Waals surface area contributed by atoms with Crippen LogP contribution in [0.25, 0.3) is 0 Å². The highest BCUT2D eigenvalue weighted by Crippen LogP contribution is 2.28. The Hall–Kier alpha value is -1.45. The Bertz CT molecular complexity index is 596. The maximum Gasteiger partial charge on any atom is 0.146 e. The van der Waals surface area contributed by atoms with E-state index in [0.717, 1.165) is 52.1 Å². The molecule has 0 amide bonds. The van der Waals surface area contributed by atoms with Crippen molar-refractivity contribution in [3.63, 3.8) is 0 Å². The van der Waals surface area contributed by atoms with Gasteiger partial charge in [0.05, 0.1) is 6.54 Å². The van der Waals surface area contributed by atoms with Crippen molar-refractivity contribution in [1.82, 2.24) is 5.32 Å². The topological polar surface area (TPSA) is 34.4 Å². The summed E-state index contributed by atoms with van der Waals surface area (Å²) < 4.78 is 11.7. The SMILES string of the molecule is CCNCc1oc(COc2c(C)cc(Cl)cc2C)cc1C. The molecular formula is C17H22ClNO2. The summed E-state index contributed by atoms with van der Waals surface area (Å²) in [7, 11) is 0. The summed E-state index contributed by atoms with van der Waals surface area (Å²) in [5.41, 5.74) is 3.23. The number of hydrogen-bond acceptors (Lipinski definition) is 3. The smallest absolute Gasteiger partial charge is 0.146 e. The quantitative estimate of drug-likeness (QED) is 0.850. The van der Waals surface area contributed by atoms with Crippen LogP contribution < -0.4 is 10.1 Å². The second kappa shape index (κ2) is 7.01. The molecule has 0 aliphatic carbocycles. The minimum absolute atomic E-state index is 0.427. The lowest BCUT2D eigenvalue weighted by Gasteiger charge is -2.11. The van der Waals surface area contributed by atoms with Gasteiger partial charge in [0.2, 0.25) is 0 Å². The van der Waals surface area contributed by atoms with E-state index in [2.05, 4.69) is 19.2 Å². The molecule has 1 aromatic carbocycles. The molecule has 0 unspecified atom stereocenters. The molecule has 0 atom stereocenters. The van der Waals surface area contributed by atoms with Crippen LogP contribution in [0.4, 0.5) is 0 Å². The second-order valence-electron chi connectivity index (χ2n) is 5.26. The Morgan fingerprint density at radius 1 is 1.10 bits per heavy atom. The maximum atomic E-state index is 6.03. The van der Waals surface area contributed by atoms with Crippen molar-refractivity contribution in [2.75, 3.05) is 6.54 Å². The molecule has 3 nitrogen and oxygen atoms in total. The third kappa shape index (κ3) is 4.02. The number of halogens is 1. The van der Waals surface area contributed by atoms with Crippen molar-refractivity contribution in [3.8, 4) is 5.75 Å². The highest BCUT2D eigenvalue weighted by atomic mass is 35.5. The van der Waals surface area contributed by atoms with Crippen LogP contribution in [0.3, 0.4) is 0 Å². The standard InChI is InChI=1S/C17H22ClNO2/c1-5-19-9-16-11(2)8-15(21-16)10-20-17-12(3)6-14(18)7-13(17)4/h6-8,19H,5,9-10H2,1-4H3. The largest absolute Gasteiger partial charge is 0.485 e. The predicted molar refractivity (Wildman–Crippen MR) is 86.1 cm³/mol. The van der Waals surface area contributed by atoms with Gasteiger partial charge < -0.3 is 14.5 Å². The first kappa shape index (κ1) is 15.9. The van der Waals surface area contributed by atoms with Crippen LogP contribution in [0, 0.1) is 20.8 Å². The zero-order chi connectivity index (χ0) is 15.4. The normalized spacial score (nSPS) is 10.9. The lowest BCUT2D eigenvalue weighted by Crippen LogP contribution is -2.11. The molecule has 2 aromatic rings. The lowest BCUT2D eigenvalue weighted by molar-refractivity contribution is 0.262. The number of rotatable bonds is 6. The zero-order valence-corrected chi connectivity index (χ0v) is 13.8. The van der Waals surface area contributed by atoms with Gasteiger partial charge in [0.25, 0.3) is 0 Å². The van der Waals surface area contributed by atoms with Crippen LogP contribution in [-0.2, 0) is 13.2 Å². The Kier molecular flexibility index (Phi) is 5.32. The van der Waals surface area contributed by atoms with Crippen molar-refractivity contribution >= 4 is 11.6 Å². The van der Waals surface area contributed by atoms with Crippen molar-refractivity contribution < 1.29 is 9.15 Å². The van der Waals surface area contributed by atoms with Crippen LogP contribution in [0.2, 0.25) is 5.02 Å². The minimum Gasteiger partial charge on any atom is -0.485 e. The molecule has 0 bridgehead atoms. The van der Waals surface area contributed by atoms with E-state index in [1.807, 2.05) is 32.0 Å². The van der Waals surface area contributed by atoms with Gasteiger partial charge in [-0.05, 0) is 62.2 Å². The third-order valence-corrected chi connectivity index (χ3v) is 3.61. The van der Waals surface area contributed by atoms with Crippen LogP contribution in [0.15, 0.2) is 22.6 Å². The molecule has 1 aromatic heterocycles. The summed E-state index contributed by atoms with van der Waals surface area (Å²) >= 11 is 6.03. The Morgan fingerprint density at radius 3 is 2.38 bits per heavy atom. The highest BCUT2D eigenvalue weighted by Gasteiger charge is 2.10. The minimum atomic E-state index is 0.427. The number of aryl methyl sites for hydroxylation is 3. The van der Waals surface area contributed by atoms with Gasteiger partial charge in [0.1, 0.15) is 23.9 Å². The predicted octanol–water partition coefficient (Wildman–Crippen LogP) is 4.55. The molecule has 0 spiro atoms. The van der Waals surface area contributed by atoms with E-state index >= 15 is 0 Å². The first-order chi connectivity index (χ1) is 10.0. The van der Waals surface area contributed by atoms with Crippen LogP contribution in [-0.4, -0.2) is 6.54 Å². The fourth-order valence-electron chi connectivity index (χ4n) is 2.34. The first-order valence-electron chi connectivity index (χ1n) is 7.19. The molecular weight excluding hydrogens is 286 g/mol. The fraction of sp³-hybridized carbons (Fsp3) is 0.412. The Balaban J connectivity index is 2.07. The van der Waals surface area contributed by atoms with E-state index in [1.54, 1.807) is 0 Å². The fourth-order valence-corrected chi connectivity index (χ4v) is 2.67. The van der Waals surface area contributed by atoms with E-state index in [1.165, 1.54) is 0 Å². The maximum absolute atomic E-state index is 6.03. The Labute approximate surface area is 131 Å². The second-order valence-corrected chi connectivity index (χ2v) is 5.69. The molecule has 2 rings (SSSR count). The first-order valence-corrected chi connectivity index (χ1v) is 7.57. The summed E-state index contributed by atoms with van der Waals surface area (Å²) in [6.45, 7) is 10.2. The van der Waals surface area contributed by atoms with E-state index in [-0.39, 0.29) is 0 Å². The van der Waals surface area contributed by atoms with Crippen molar-refractivity contribution in [1.29, 1.82) is 0 Å². The monoisotopic (exact) mass is 307 g/mol. The molecule has 1 N–H and O–H groups in total. The van der Waals surface area contributed by atoms with Gasteiger partial charge in [-0.25, -0.2) is 0 Å². The van der Waals surface area contributed by atoms with Crippen molar-refractivity contribution in [3.05, 3.63) is 51.4 Å². The summed E-state index contributed by atoms with van der Waals surface area (Å²) in [5.74, 6) is 2.69. The van der Waals surface area contributed by atoms with Gasteiger partial charge in [-0.3, -0.25) is 0 Å². The van der Waals surface area contributed by atoms with Crippen LogP contribution in [0.5, 0.6) is 5.75 Å². The molecule has 0 radical (unpaired) electrons. The average Bonchev–Trinajstić information content (AvgIpc) is 2.75. The highest BCUT2D eigenvalue weighted by molar-refractivity contribution is 6.30. The molecule has 0 aliphatic heterocycles. The molecule has 1 heterocycles. The number of benzene rings is 1. The summed E-state index contributed by atoms with van der Waals surface area (Å²) in [6, 6.07) is 5.86. The number of nitrogens with one attached hydrogen (secondary N) is 1. The van der Waals surface area contributed by atoms with E-state index < -0.39 is 0 Å². The van der Waals surface area contributed by atoms with Crippen LogP contribution in [0.1, 0.15) is 35.1 Å². The zero-order valence-electron chi connectivity index (χ0n) is 13.0. The number of hydrogen-bond donors (Lipinski definition) is 1. The molecule has 0 fully saturated rings. The van der Waals surface area contributed by atoms with Gasteiger partial charge in [-0.1, -0.05) is 18.5 Å². The van der Waals surface area contributed by atoms with Gasteiger partial charge in [-0.15, -0.1) is 0 Å². The molecule has 114 valence electrons. The average molecular weight is 308 g/mol. The van der Waals surface area contributed by atoms with E-state index in [4.69, 9.17) is 20.8 Å². The van der Waals surface area contributed by atoms with Crippen LogP contribution >= 0.6 is 11.6 Å². The molecule has 4 heteroatoms. The third-order valence-electron chi connectivity index (χ3n) is 3.39.